The number of likely N-dealkylation sites (N-methyl/N-ethyl adjacent to an activating group) is 1. The van der Waals surface area contributed by atoms with Crippen LogP contribution < -0.4 is 15.4 Å². The lowest BCUT2D eigenvalue weighted by atomic mass is 9.73. The molecule has 0 saturated heterocycles. The van der Waals surface area contributed by atoms with Crippen molar-refractivity contribution in [3.8, 4) is 5.75 Å². The van der Waals surface area contributed by atoms with Gasteiger partial charge >= 0.3 is 0 Å². The molecule has 3 amide bonds. The monoisotopic (exact) mass is 671 g/mol. The Balaban J connectivity index is 1.56. The topological polar surface area (TPSA) is 134 Å². The van der Waals surface area contributed by atoms with E-state index in [1.165, 1.54) is 30.6 Å². The molecule has 11 nitrogen and oxygen atoms in total. The molecular weight excluding hydrogens is 618 g/mol. The van der Waals surface area contributed by atoms with E-state index < -0.39 is 11.0 Å². The highest BCUT2D eigenvalue weighted by Crippen LogP contribution is 2.37. The summed E-state index contributed by atoms with van der Waals surface area (Å²) in [7, 11) is 1.64. The Labute approximate surface area is 284 Å². The van der Waals surface area contributed by atoms with Crippen molar-refractivity contribution in [2.24, 2.45) is 0 Å². The highest BCUT2D eigenvalue weighted by molar-refractivity contribution is 6.34. The molecule has 3 N–H and O–H groups in total. The Morgan fingerprint density at radius 1 is 0.936 bits per heavy atom. The highest BCUT2D eigenvalue weighted by Gasteiger charge is 2.44. The fraction of sp³-hybridized carbons (Fsp3) is 0.629. The summed E-state index contributed by atoms with van der Waals surface area (Å²) in [5.74, 6) is 0.222. The number of amides is 3. The molecule has 47 heavy (non-hydrogen) atoms. The third-order valence-corrected chi connectivity index (χ3v) is 9.30. The molecule has 2 aromatic heterocycles. The Bertz CT molecular complexity index is 1520. The number of aromatic nitrogens is 4. The lowest BCUT2D eigenvalue weighted by Gasteiger charge is -2.40. The van der Waals surface area contributed by atoms with Crippen molar-refractivity contribution in [1.29, 1.82) is 0 Å². The van der Waals surface area contributed by atoms with Crippen LogP contribution in [0.25, 0.3) is 5.65 Å². The number of nitrogens with one attached hydrogen (secondary N) is 3. The summed E-state index contributed by atoms with van der Waals surface area (Å²) in [4.78, 5) is 40.0. The Hall–Kier alpha value is -3.60. The predicted molar refractivity (Wildman–Crippen MR) is 187 cm³/mol. The minimum atomic E-state index is -0.782. The van der Waals surface area contributed by atoms with E-state index in [0.29, 0.717) is 34.4 Å². The van der Waals surface area contributed by atoms with Crippen LogP contribution >= 0.6 is 11.6 Å². The van der Waals surface area contributed by atoms with Gasteiger partial charge in [0, 0.05) is 29.8 Å². The number of para-hydroxylation sites is 2. The first kappa shape index (κ1) is 37.9. The molecule has 0 radical (unpaired) electrons. The quantitative estimate of drug-likeness (QED) is 0.135. The maximum Gasteiger partial charge on any atom is 0.258 e. The molecule has 0 atom stereocenters. The number of hydrogen-bond acceptors (Lipinski definition) is 6. The molecular formula is C35H54ClN7O4. The van der Waals surface area contributed by atoms with E-state index in [-0.39, 0.29) is 36.3 Å². The fourth-order valence-corrected chi connectivity index (χ4v) is 5.73. The second-order valence-corrected chi connectivity index (χ2v) is 14.9. The summed E-state index contributed by atoms with van der Waals surface area (Å²) in [5, 5.41) is 18.5. The van der Waals surface area contributed by atoms with Crippen molar-refractivity contribution in [3.63, 3.8) is 0 Å². The van der Waals surface area contributed by atoms with Crippen molar-refractivity contribution in [3.05, 3.63) is 40.8 Å². The molecule has 0 unspecified atom stereocenters. The molecule has 3 aromatic rings. The molecule has 3 rings (SSSR count). The number of nitrogens with zero attached hydrogens (tertiary/aromatic N) is 4. The Morgan fingerprint density at radius 3 is 2.23 bits per heavy atom. The first-order chi connectivity index (χ1) is 22.0. The van der Waals surface area contributed by atoms with Crippen LogP contribution in [0.4, 0.5) is 5.69 Å². The lowest BCUT2D eigenvalue weighted by molar-refractivity contribution is -0.133. The van der Waals surface area contributed by atoms with Gasteiger partial charge in [-0.25, -0.2) is 4.52 Å². The van der Waals surface area contributed by atoms with Crippen LogP contribution in [-0.2, 0) is 25.2 Å². The minimum Gasteiger partial charge on any atom is -0.482 e. The van der Waals surface area contributed by atoms with Crippen LogP contribution in [0.3, 0.4) is 0 Å². The van der Waals surface area contributed by atoms with E-state index >= 15 is 0 Å². The van der Waals surface area contributed by atoms with Crippen molar-refractivity contribution in [2.75, 3.05) is 25.5 Å². The van der Waals surface area contributed by atoms with Gasteiger partial charge in [-0.3, -0.25) is 19.5 Å². The zero-order chi connectivity index (χ0) is 35.0. The van der Waals surface area contributed by atoms with E-state index in [1.807, 2.05) is 27.7 Å². The molecule has 12 heteroatoms. The van der Waals surface area contributed by atoms with E-state index in [9.17, 15) is 14.4 Å². The van der Waals surface area contributed by atoms with Crippen LogP contribution in [0, 0.1) is 0 Å². The number of fused-ring (bicyclic) bond motifs is 1. The van der Waals surface area contributed by atoms with E-state index in [0.717, 1.165) is 25.0 Å². The average Bonchev–Trinajstić information content (AvgIpc) is 3.56. The van der Waals surface area contributed by atoms with Crippen LogP contribution in [0.2, 0.25) is 5.02 Å². The standard InChI is InChI=1S/C35H54ClN7O4/c1-10-11-12-13-14-15-16-21-28(46)42(9)22-26(44)37-24-19-17-18-20-25(24)47-23-27(45)38-35(7,8)34(5,6)32-40-39-31-29(36)30(33(2,3)4)41-43(31)32/h17-20,41H,10-16,21-23H2,1-9H3,(H,37,44)(H,38,45). The van der Waals surface area contributed by atoms with Crippen LogP contribution in [0.5, 0.6) is 5.75 Å². The van der Waals surface area contributed by atoms with Gasteiger partial charge in [0.1, 0.15) is 10.8 Å². The van der Waals surface area contributed by atoms with Gasteiger partial charge in [-0.05, 0) is 32.4 Å². The molecule has 0 aliphatic heterocycles. The summed E-state index contributed by atoms with van der Waals surface area (Å²) >= 11 is 6.64. The zero-order valence-corrected chi connectivity index (χ0v) is 30.4. The molecule has 0 fully saturated rings. The van der Waals surface area contributed by atoms with Crippen LogP contribution in [0.15, 0.2) is 24.3 Å². The first-order valence-electron chi connectivity index (χ1n) is 16.7. The van der Waals surface area contributed by atoms with E-state index in [1.54, 1.807) is 35.8 Å². The number of halogens is 1. The molecule has 0 aliphatic carbocycles. The van der Waals surface area contributed by atoms with Gasteiger partial charge in [-0.1, -0.05) is 104 Å². The normalized spacial score (nSPS) is 12.3. The number of H-pyrrole nitrogens is 1. The molecule has 0 saturated carbocycles. The number of carbonyl (C=O) groups is 3. The molecule has 1 aromatic carbocycles. The second-order valence-electron chi connectivity index (χ2n) is 14.5. The van der Waals surface area contributed by atoms with Crippen molar-refractivity contribution in [1.82, 2.24) is 30.0 Å². The molecule has 0 aliphatic rings. The number of ether oxygens (including phenoxy) is 1. The van der Waals surface area contributed by atoms with Gasteiger partial charge in [-0.2, -0.15) is 0 Å². The third kappa shape index (κ3) is 9.72. The van der Waals surface area contributed by atoms with Gasteiger partial charge < -0.3 is 20.3 Å². The number of anilines is 1. The van der Waals surface area contributed by atoms with Crippen molar-refractivity contribution in [2.45, 2.75) is 123 Å². The first-order valence-corrected chi connectivity index (χ1v) is 17.1. The lowest BCUT2D eigenvalue weighted by Crippen LogP contribution is -2.57. The summed E-state index contributed by atoms with van der Waals surface area (Å²) in [5.41, 5.74) is 0.111. The number of unbranched alkanes of at least 4 members (excludes halogenated alkanes) is 6. The summed E-state index contributed by atoms with van der Waals surface area (Å²) in [6.45, 7) is 15.8. The highest BCUT2D eigenvalue weighted by atomic mass is 35.5. The van der Waals surface area contributed by atoms with Gasteiger partial charge in [0.15, 0.2) is 18.1 Å². The Kier molecular flexibility index (Phi) is 12.9. The van der Waals surface area contributed by atoms with Gasteiger partial charge in [0.05, 0.1) is 17.9 Å². The number of aromatic amines is 1. The van der Waals surface area contributed by atoms with Crippen molar-refractivity contribution >= 4 is 40.7 Å². The summed E-state index contributed by atoms with van der Waals surface area (Å²) in [6.07, 6.45) is 8.32. The average molecular weight is 672 g/mol. The van der Waals surface area contributed by atoms with Crippen molar-refractivity contribution < 1.29 is 19.1 Å². The maximum absolute atomic E-state index is 13.2. The number of carbonyl (C=O) groups excluding carboxylic acids is 3. The second kappa shape index (κ2) is 16.0. The number of hydrogen-bond donors (Lipinski definition) is 3. The minimum absolute atomic E-state index is 0.0543. The summed E-state index contributed by atoms with van der Waals surface area (Å²) in [6, 6.07) is 6.91. The smallest absolute Gasteiger partial charge is 0.258 e. The number of rotatable bonds is 17. The van der Waals surface area contributed by atoms with Gasteiger partial charge in [-0.15, -0.1) is 10.2 Å². The maximum atomic E-state index is 13.2. The van der Waals surface area contributed by atoms with Crippen LogP contribution in [-0.4, -0.2) is 68.2 Å². The molecule has 2 heterocycles. The van der Waals surface area contributed by atoms with E-state index in [2.05, 4.69) is 53.6 Å². The van der Waals surface area contributed by atoms with Crippen LogP contribution in [0.1, 0.15) is 118 Å². The molecule has 260 valence electrons. The fourth-order valence-electron chi connectivity index (χ4n) is 5.28. The zero-order valence-electron chi connectivity index (χ0n) is 29.7. The SMILES string of the molecule is CCCCCCCCCC(=O)N(C)CC(=O)Nc1ccccc1OCC(=O)NC(C)(C)C(C)(C)c1nnc2c(Cl)c(C(C)(C)C)[nH]n12. The molecule has 0 bridgehead atoms. The van der Waals surface area contributed by atoms with Gasteiger partial charge in [0.25, 0.3) is 5.91 Å². The van der Waals surface area contributed by atoms with Gasteiger partial charge in [0.2, 0.25) is 11.8 Å². The molecule has 0 spiro atoms. The largest absolute Gasteiger partial charge is 0.482 e. The summed E-state index contributed by atoms with van der Waals surface area (Å²) < 4.78 is 7.65. The van der Waals surface area contributed by atoms with E-state index in [4.69, 9.17) is 16.3 Å². The predicted octanol–water partition coefficient (Wildman–Crippen LogP) is 6.80. The third-order valence-electron chi connectivity index (χ3n) is 8.95. The Morgan fingerprint density at radius 2 is 1.57 bits per heavy atom. The number of benzene rings is 1.